The number of rotatable bonds is 4. The van der Waals surface area contributed by atoms with Crippen LogP contribution in [0.15, 0.2) is 0 Å². The maximum atomic E-state index is 10.6. The molecule has 0 aliphatic carbocycles. The highest BCUT2D eigenvalue weighted by atomic mass is 16.7. The van der Waals surface area contributed by atoms with Crippen LogP contribution in [0.25, 0.3) is 0 Å². The van der Waals surface area contributed by atoms with Crippen molar-refractivity contribution in [3.63, 3.8) is 0 Å². The van der Waals surface area contributed by atoms with Gasteiger partial charge in [0.2, 0.25) is 0 Å². The second kappa shape index (κ2) is 5.16. The van der Waals surface area contributed by atoms with Crippen LogP contribution in [0.3, 0.4) is 0 Å². The Labute approximate surface area is 59.5 Å². The van der Waals surface area contributed by atoms with Gasteiger partial charge in [-0.15, -0.1) is 0 Å². The van der Waals surface area contributed by atoms with Gasteiger partial charge >= 0.3 is 5.97 Å². The fraction of sp³-hybridized carbons (Fsp3) is 0.800. The average Bonchev–Trinajstić information content (AvgIpc) is 1.98. The number of nitrogens with two attached hydrogens (primary N) is 1. The summed E-state index contributed by atoms with van der Waals surface area (Å²) in [5, 5.41) is 2.52. The van der Waals surface area contributed by atoms with Crippen molar-refractivity contribution in [2.75, 3.05) is 21.0 Å². The third-order valence-electron chi connectivity index (χ3n) is 0.884. The van der Waals surface area contributed by atoms with Crippen molar-refractivity contribution in [2.45, 2.75) is 6.17 Å². The largest absolute Gasteiger partial charge is 0.436 e. The molecule has 10 heavy (non-hydrogen) atoms. The van der Waals surface area contributed by atoms with Crippen LogP contribution in [0.1, 0.15) is 0 Å². The molecule has 0 radical (unpaired) electrons. The zero-order chi connectivity index (χ0) is 7.98. The number of likely N-dealkylation sites (N-methyl/N-ethyl adjacent to an activating group) is 1. The fourth-order valence-corrected chi connectivity index (χ4v) is 0.325. The van der Waals surface area contributed by atoms with Gasteiger partial charge in [0.25, 0.3) is 0 Å². The van der Waals surface area contributed by atoms with Gasteiger partial charge in [-0.05, 0) is 7.05 Å². The third kappa shape index (κ3) is 3.39. The van der Waals surface area contributed by atoms with Gasteiger partial charge in [-0.2, -0.15) is 0 Å². The summed E-state index contributed by atoms with van der Waals surface area (Å²) in [6.45, 7) is -0.0613. The lowest BCUT2D eigenvalue weighted by atomic mass is 10.5. The third-order valence-corrected chi connectivity index (χ3v) is 0.884. The lowest BCUT2D eigenvalue weighted by Crippen LogP contribution is -2.43. The Morgan fingerprint density at radius 1 is 1.80 bits per heavy atom. The normalized spacial score (nSPS) is 12.7. The molecule has 0 fully saturated rings. The number of hydrogen-bond acceptors (Lipinski definition) is 5. The molecule has 0 bridgehead atoms. The van der Waals surface area contributed by atoms with Crippen LogP contribution in [-0.2, 0) is 14.3 Å². The van der Waals surface area contributed by atoms with Gasteiger partial charge in [0.05, 0.1) is 0 Å². The Kier molecular flexibility index (Phi) is 4.82. The molecular formula is C5H12N2O3. The monoisotopic (exact) mass is 148 g/mol. The van der Waals surface area contributed by atoms with Gasteiger partial charge in [0.1, 0.15) is 0 Å². The van der Waals surface area contributed by atoms with E-state index in [0.717, 1.165) is 0 Å². The molecule has 0 aromatic heterocycles. The van der Waals surface area contributed by atoms with Crippen molar-refractivity contribution in [3.8, 4) is 0 Å². The second-order valence-corrected chi connectivity index (χ2v) is 1.64. The molecule has 1 unspecified atom stereocenters. The van der Waals surface area contributed by atoms with Crippen molar-refractivity contribution >= 4 is 5.97 Å². The quantitative estimate of drug-likeness (QED) is 0.380. The van der Waals surface area contributed by atoms with Crippen LogP contribution in [0, 0.1) is 0 Å². The number of methoxy groups -OCH3 is 1. The first-order valence-corrected chi connectivity index (χ1v) is 2.80. The van der Waals surface area contributed by atoms with Crippen molar-refractivity contribution in [2.24, 2.45) is 5.73 Å². The molecule has 0 saturated carbocycles. The molecular weight excluding hydrogens is 136 g/mol. The summed E-state index contributed by atoms with van der Waals surface area (Å²) in [7, 11) is 3.00. The van der Waals surface area contributed by atoms with Crippen LogP contribution in [-0.4, -0.2) is 33.1 Å². The molecule has 1 atom stereocenters. The van der Waals surface area contributed by atoms with E-state index in [1.807, 2.05) is 0 Å². The summed E-state index contributed by atoms with van der Waals surface area (Å²) in [5.41, 5.74) is 5.22. The van der Waals surface area contributed by atoms with Crippen LogP contribution < -0.4 is 11.1 Å². The van der Waals surface area contributed by atoms with Crippen LogP contribution >= 0.6 is 0 Å². The molecule has 0 aliphatic heterocycles. The van der Waals surface area contributed by atoms with Crippen molar-refractivity contribution in [1.82, 2.24) is 5.32 Å². The number of carbonyl (C=O) groups is 1. The summed E-state index contributed by atoms with van der Waals surface area (Å²) in [4.78, 5) is 10.6. The highest BCUT2D eigenvalue weighted by molar-refractivity contribution is 5.74. The predicted molar refractivity (Wildman–Crippen MR) is 35.0 cm³/mol. The van der Waals surface area contributed by atoms with E-state index in [9.17, 15) is 4.79 Å². The minimum absolute atomic E-state index is 0.0613. The lowest BCUT2D eigenvalue weighted by molar-refractivity contribution is -0.156. The van der Waals surface area contributed by atoms with Crippen molar-refractivity contribution in [3.05, 3.63) is 0 Å². The molecule has 0 amide bonds. The zero-order valence-electron chi connectivity index (χ0n) is 6.09. The molecule has 0 saturated heterocycles. The Hall–Kier alpha value is -0.650. The summed E-state index contributed by atoms with van der Waals surface area (Å²) >= 11 is 0. The molecule has 0 aliphatic rings. The van der Waals surface area contributed by atoms with E-state index in [1.54, 1.807) is 7.05 Å². The Morgan fingerprint density at radius 2 is 2.40 bits per heavy atom. The second-order valence-electron chi connectivity index (χ2n) is 1.64. The molecule has 5 nitrogen and oxygen atoms in total. The van der Waals surface area contributed by atoms with E-state index in [4.69, 9.17) is 5.73 Å². The maximum Gasteiger partial charge on any atom is 0.339 e. The number of hydrogen-bond donors (Lipinski definition) is 2. The molecule has 5 heteroatoms. The van der Waals surface area contributed by atoms with Crippen LogP contribution in [0.5, 0.6) is 0 Å². The first-order chi connectivity index (χ1) is 4.72. The van der Waals surface area contributed by atoms with E-state index in [2.05, 4.69) is 14.8 Å². The fourth-order valence-electron chi connectivity index (χ4n) is 0.325. The van der Waals surface area contributed by atoms with Crippen LogP contribution in [0.4, 0.5) is 0 Å². The number of carbonyl (C=O) groups excluding carboxylic acids is 1. The van der Waals surface area contributed by atoms with Crippen molar-refractivity contribution < 1.29 is 14.3 Å². The van der Waals surface area contributed by atoms with E-state index < -0.39 is 12.1 Å². The number of esters is 1. The molecule has 3 N–H and O–H groups in total. The van der Waals surface area contributed by atoms with E-state index in [1.165, 1.54) is 7.11 Å². The van der Waals surface area contributed by atoms with Gasteiger partial charge in [0.15, 0.2) is 13.0 Å². The van der Waals surface area contributed by atoms with E-state index in [-0.39, 0.29) is 6.79 Å². The van der Waals surface area contributed by atoms with Crippen LogP contribution in [0.2, 0.25) is 0 Å². The number of nitrogens with one attached hydrogen (secondary N) is 1. The minimum Gasteiger partial charge on any atom is -0.436 e. The van der Waals surface area contributed by atoms with Gasteiger partial charge in [0, 0.05) is 7.11 Å². The van der Waals surface area contributed by atoms with Gasteiger partial charge < -0.3 is 15.2 Å². The number of ether oxygens (including phenoxy) is 2. The van der Waals surface area contributed by atoms with E-state index >= 15 is 0 Å². The molecule has 0 heterocycles. The topological polar surface area (TPSA) is 73.6 Å². The SMILES string of the molecule is CNC(N)C(=O)OCOC. The standard InChI is InChI=1S/C5H12N2O3/c1-7-4(6)5(8)10-3-9-2/h4,7H,3,6H2,1-2H3. The Bertz CT molecular complexity index is 107. The Balaban J connectivity index is 3.42. The predicted octanol–water partition coefficient (Wildman–Crippen LogP) is -1.36. The zero-order valence-corrected chi connectivity index (χ0v) is 6.09. The van der Waals surface area contributed by atoms with Crippen molar-refractivity contribution in [1.29, 1.82) is 0 Å². The summed E-state index contributed by atoms with van der Waals surface area (Å²) in [6, 6.07) is 0. The molecule has 0 aromatic carbocycles. The van der Waals surface area contributed by atoms with Gasteiger partial charge in [-0.3, -0.25) is 5.32 Å². The Morgan fingerprint density at radius 3 is 2.80 bits per heavy atom. The molecule has 0 spiro atoms. The van der Waals surface area contributed by atoms with Gasteiger partial charge in [-0.1, -0.05) is 0 Å². The summed E-state index contributed by atoms with van der Waals surface area (Å²) in [5.74, 6) is -0.524. The molecule has 60 valence electrons. The highest BCUT2D eigenvalue weighted by Gasteiger charge is 2.10. The maximum absolute atomic E-state index is 10.6. The van der Waals surface area contributed by atoms with E-state index in [0.29, 0.717) is 0 Å². The summed E-state index contributed by atoms with van der Waals surface area (Å²) < 4.78 is 8.98. The minimum atomic E-state index is -0.768. The summed E-state index contributed by atoms with van der Waals surface area (Å²) in [6.07, 6.45) is -0.768. The smallest absolute Gasteiger partial charge is 0.339 e. The molecule has 0 rings (SSSR count). The first kappa shape index (κ1) is 9.35. The average molecular weight is 148 g/mol. The van der Waals surface area contributed by atoms with Gasteiger partial charge in [-0.25, -0.2) is 4.79 Å². The molecule has 0 aromatic rings. The lowest BCUT2D eigenvalue weighted by Gasteiger charge is -2.08. The first-order valence-electron chi connectivity index (χ1n) is 2.80. The highest BCUT2D eigenvalue weighted by Crippen LogP contribution is 1.80.